The van der Waals surface area contributed by atoms with Crippen LogP contribution in [0.5, 0.6) is 5.88 Å². The van der Waals surface area contributed by atoms with Gasteiger partial charge >= 0.3 is 6.36 Å². The molecule has 0 spiro atoms. The third-order valence-corrected chi connectivity index (χ3v) is 1.54. The topological polar surface area (TPSA) is 45.9 Å². The van der Waals surface area contributed by atoms with Gasteiger partial charge in [0.2, 0.25) is 11.8 Å². The normalized spacial score (nSPS) is 11.4. The SMILES string of the molecule is N#Cc1cc(F)nc(OC(F)(F)F)c1C(F)F. The van der Waals surface area contributed by atoms with Gasteiger partial charge in [0.1, 0.15) is 6.07 Å². The van der Waals surface area contributed by atoms with Crippen LogP contribution >= 0.6 is 0 Å². The summed E-state index contributed by atoms with van der Waals surface area (Å²) in [6.07, 6.45) is -8.76. The Morgan fingerprint density at radius 2 is 1.94 bits per heavy atom. The Morgan fingerprint density at radius 3 is 2.35 bits per heavy atom. The minimum Gasteiger partial charge on any atom is -0.387 e. The lowest BCUT2D eigenvalue weighted by Gasteiger charge is -2.12. The van der Waals surface area contributed by atoms with Crippen LogP contribution in [0.3, 0.4) is 0 Å². The highest BCUT2D eigenvalue weighted by Crippen LogP contribution is 2.33. The lowest BCUT2D eigenvalue weighted by Crippen LogP contribution is -2.20. The second-order valence-corrected chi connectivity index (χ2v) is 2.67. The maximum absolute atomic E-state index is 12.7. The van der Waals surface area contributed by atoms with Crippen LogP contribution in [0, 0.1) is 17.3 Å². The number of hydrogen-bond donors (Lipinski definition) is 0. The highest BCUT2D eigenvalue weighted by atomic mass is 19.4. The average Bonchev–Trinajstić information content (AvgIpc) is 2.12. The smallest absolute Gasteiger partial charge is 0.387 e. The highest BCUT2D eigenvalue weighted by Gasteiger charge is 2.35. The number of ether oxygens (including phenoxy) is 1. The summed E-state index contributed by atoms with van der Waals surface area (Å²) in [6, 6.07) is 1.43. The standard InChI is InChI=1S/C8H2F6N2O/c9-4-1-3(2-15)5(6(10)11)7(16-4)17-8(12,13)14/h1,6H. The van der Waals surface area contributed by atoms with E-state index in [1.165, 1.54) is 0 Å². The molecule has 0 bridgehead atoms. The van der Waals surface area contributed by atoms with Crippen LogP contribution in [0.1, 0.15) is 17.6 Å². The van der Waals surface area contributed by atoms with Crippen molar-refractivity contribution >= 4 is 0 Å². The van der Waals surface area contributed by atoms with Crippen LogP contribution in [-0.4, -0.2) is 11.3 Å². The molecule has 0 aliphatic carbocycles. The number of alkyl halides is 5. The quantitative estimate of drug-likeness (QED) is 0.603. The van der Waals surface area contributed by atoms with Gasteiger partial charge in [-0.25, -0.2) is 8.78 Å². The van der Waals surface area contributed by atoms with E-state index >= 15 is 0 Å². The van der Waals surface area contributed by atoms with Crippen molar-refractivity contribution in [2.45, 2.75) is 12.8 Å². The Labute approximate surface area is 90.2 Å². The molecule has 1 rings (SSSR count). The van der Waals surface area contributed by atoms with Gasteiger partial charge in [-0.05, 0) is 0 Å². The number of aromatic nitrogens is 1. The van der Waals surface area contributed by atoms with E-state index in [1.807, 2.05) is 0 Å². The molecule has 0 saturated heterocycles. The van der Waals surface area contributed by atoms with Crippen molar-refractivity contribution < 1.29 is 31.1 Å². The van der Waals surface area contributed by atoms with E-state index in [0.717, 1.165) is 6.07 Å². The van der Waals surface area contributed by atoms with Crippen LogP contribution < -0.4 is 4.74 Å². The predicted molar refractivity (Wildman–Crippen MR) is 40.5 cm³/mol. The summed E-state index contributed by atoms with van der Waals surface area (Å²) in [7, 11) is 0. The number of halogens is 6. The van der Waals surface area contributed by atoms with Crippen molar-refractivity contribution in [3.05, 3.63) is 23.1 Å². The van der Waals surface area contributed by atoms with E-state index in [1.54, 1.807) is 0 Å². The van der Waals surface area contributed by atoms with Gasteiger partial charge in [0.05, 0.1) is 11.1 Å². The first-order valence-electron chi connectivity index (χ1n) is 3.89. The molecular weight excluding hydrogens is 254 g/mol. The molecule has 92 valence electrons. The van der Waals surface area contributed by atoms with Crippen molar-refractivity contribution in [2.75, 3.05) is 0 Å². The molecular formula is C8H2F6N2O. The molecule has 9 heteroatoms. The van der Waals surface area contributed by atoms with Gasteiger partial charge in [-0.1, -0.05) is 0 Å². The Kier molecular flexibility index (Phi) is 3.45. The van der Waals surface area contributed by atoms with Crippen molar-refractivity contribution in [1.29, 1.82) is 5.26 Å². The minimum absolute atomic E-state index is 0.296. The lowest BCUT2D eigenvalue weighted by atomic mass is 10.1. The van der Waals surface area contributed by atoms with Gasteiger partial charge in [0.25, 0.3) is 6.43 Å². The number of rotatable bonds is 2. The van der Waals surface area contributed by atoms with Gasteiger partial charge in [-0.15, -0.1) is 13.2 Å². The summed E-state index contributed by atoms with van der Waals surface area (Å²) in [5, 5.41) is 8.40. The molecule has 0 radical (unpaired) electrons. The molecule has 0 fully saturated rings. The van der Waals surface area contributed by atoms with E-state index in [-0.39, 0.29) is 0 Å². The minimum atomic E-state index is -5.31. The molecule has 1 heterocycles. The Hall–Kier alpha value is -1.98. The van der Waals surface area contributed by atoms with E-state index in [2.05, 4.69) is 9.72 Å². The van der Waals surface area contributed by atoms with E-state index < -0.39 is 35.7 Å². The van der Waals surface area contributed by atoms with Crippen molar-refractivity contribution in [3.8, 4) is 11.9 Å². The van der Waals surface area contributed by atoms with E-state index in [4.69, 9.17) is 5.26 Å². The molecule has 0 aromatic carbocycles. The summed E-state index contributed by atoms with van der Waals surface area (Å²) in [5.41, 5.74) is -2.36. The monoisotopic (exact) mass is 256 g/mol. The number of nitrogens with zero attached hydrogens (tertiary/aromatic N) is 2. The Balaban J connectivity index is 3.37. The molecule has 0 saturated carbocycles. The van der Waals surface area contributed by atoms with Gasteiger partial charge in [0, 0.05) is 6.07 Å². The number of hydrogen-bond acceptors (Lipinski definition) is 3. The fourth-order valence-electron chi connectivity index (χ4n) is 0.992. The van der Waals surface area contributed by atoms with Crippen LogP contribution in [-0.2, 0) is 0 Å². The summed E-state index contributed by atoms with van der Waals surface area (Å²) < 4.78 is 76.2. The molecule has 0 N–H and O–H groups in total. The molecule has 1 aromatic rings. The summed E-state index contributed by atoms with van der Waals surface area (Å²) in [5.74, 6) is -3.19. The van der Waals surface area contributed by atoms with Crippen molar-refractivity contribution in [2.24, 2.45) is 0 Å². The largest absolute Gasteiger partial charge is 0.574 e. The number of nitriles is 1. The summed E-state index contributed by atoms with van der Waals surface area (Å²) in [4.78, 5) is 2.55. The molecule has 0 amide bonds. The van der Waals surface area contributed by atoms with Crippen molar-refractivity contribution in [1.82, 2.24) is 4.98 Å². The Morgan fingerprint density at radius 1 is 1.35 bits per heavy atom. The van der Waals surface area contributed by atoms with Gasteiger partial charge in [-0.2, -0.15) is 14.6 Å². The fourth-order valence-corrected chi connectivity index (χ4v) is 0.992. The maximum atomic E-state index is 12.7. The van der Waals surface area contributed by atoms with Crippen LogP contribution in [0.25, 0.3) is 0 Å². The zero-order chi connectivity index (χ0) is 13.2. The summed E-state index contributed by atoms with van der Waals surface area (Å²) in [6.45, 7) is 0. The van der Waals surface area contributed by atoms with E-state index in [9.17, 15) is 26.3 Å². The molecule has 0 aliphatic heterocycles. The third-order valence-electron chi connectivity index (χ3n) is 1.54. The van der Waals surface area contributed by atoms with E-state index in [0.29, 0.717) is 6.07 Å². The zero-order valence-electron chi connectivity index (χ0n) is 7.73. The Bertz CT molecular complexity index is 464. The lowest BCUT2D eigenvalue weighted by molar-refractivity contribution is -0.276. The highest BCUT2D eigenvalue weighted by molar-refractivity contribution is 5.43. The molecule has 3 nitrogen and oxygen atoms in total. The van der Waals surface area contributed by atoms with Gasteiger partial charge < -0.3 is 4.74 Å². The molecule has 0 atom stereocenters. The van der Waals surface area contributed by atoms with Crippen LogP contribution in [0.15, 0.2) is 6.07 Å². The van der Waals surface area contributed by atoms with Gasteiger partial charge in [-0.3, -0.25) is 0 Å². The average molecular weight is 256 g/mol. The molecule has 0 aliphatic rings. The first kappa shape index (κ1) is 13.1. The predicted octanol–water partition coefficient (Wildman–Crippen LogP) is 2.93. The van der Waals surface area contributed by atoms with Gasteiger partial charge in [0.15, 0.2) is 0 Å². The van der Waals surface area contributed by atoms with Crippen LogP contribution in [0.4, 0.5) is 26.3 Å². The maximum Gasteiger partial charge on any atom is 0.574 e. The third kappa shape index (κ3) is 3.24. The summed E-state index contributed by atoms with van der Waals surface area (Å²) >= 11 is 0. The zero-order valence-corrected chi connectivity index (χ0v) is 7.73. The molecule has 1 aromatic heterocycles. The first-order valence-corrected chi connectivity index (χ1v) is 3.89. The number of pyridine rings is 1. The molecule has 17 heavy (non-hydrogen) atoms. The van der Waals surface area contributed by atoms with Crippen LogP contribution in [0.2, 0.25) is 0 Å². The first-order chi connectivity index (χ1) is 7.74. The fraction of sp³-hybridized carbons (Fsp3) is 0.250. The second-order valence-electron chi connectivity index (χ2n) is 2.67. The second kappa shape index (κ2) is 4.48. The van der Waals surface area contributed by atoms with Crippen molar-refractivity contribution in [3.63, 3.8) is 0 Å². The molecule has 0 unspecified atom stereocenters.